The Morgan fingerprint density at radius 2 is 2.22 bits per heavy atom. The van der Waals surface area contributed by atoms with Gasteiger partial charge in [-0.2, -0.15) is 0 Å². The smallest absolute Gasteiger partial charge is 0.128 e. The molecule has 0 saturated carbocycles. The number of aliphatic hydroxyl groups is 1. The van der Waals surface area contributed by atoms with E-state index in [9.17, 15) is 5.11 Å². The van der Waals surface area contributed by atoms with E-state index < -0.39 is 6.10 Å². The number of piperazine rings is 1. The summed E-state index contributed by atoms with van der Waals surface area (Å²) in [6.45, 7) is 6.37. The normalized spacial score (nSPS) is 26.1. The van der Waals surface area contributed by atoms with Crippen LogP contribution in [0.25, 0.3) is 0 Å². The molecule has 2 saturated heterocycles. The summed E-state index contributed by atoms with van der Waals surface area (Å²) in [6.07, 6.45) is 4.02. The van der Waals surface area contributed by atoms with Gasteiger partial charge in [-0.05, 0) is 37.9 Å². The van der Waals surface area contributed by atoms with Crippen LogP contribution in [0.5, 0.6) is 0 Å². The molecule has 2 aliphatic rings. The molecule has 0 aliphatic carbocycles. The molecule has 3 rings (SSSR count). The lowest BCUT2D eigenvalue weighted by molar-refractivity contribution is 0.199. The summed E-state index contributed by atoms with van der Waals surface area (Å²) in [7, 11) is 0. The van der Waals surface area contributed by atoms with Crippen molar-refractivity contribution >= 4 is 5.82 Å². The Hall–Kier alpha value is -1.13. The Balaban J connectivity index is 1.71. The topological polar surface area (TPSA) is 39.6 Å². The molecule has 0 bridgehead atoms. The second kappa shape index (κ2) is 4.86. The largest absolute Gasteiger partial charge is 0.389 e. The molecule has 98 valence electrons. The molecule has 0 radical (unpaired) electrons. The van der Waals surface area contributed by atoms with Gasteiger partial charge in [-0.25, -0.2) is 4.98 Å². The highest BCUT2D eigenvalue weighted by atomic mass is 16.3. The maximum atomic E-state index is 9.49. The zero-order valence-electron chi connectivity index (χ0n) is 10.9. The first-order chi connectivity index (χ1) is 8.74. The van der Waals surface area contributed by atoms with E-state index in [0.29, 0.717) is 0 Å². The van der Waals surface area contributed by atoms with E-state index in [2.05, 4.69) is 14.8 Å². The molecule has 1 aromatic rings. The number of rotatable bonds is 2. The van der Waals surface area contributed by atoms with Gasteiger partial charge in [0.2, 0.25) is 0 Å². The van der Waals surface area contributed by atoms with E-state index in [1.807, 2.05) is 12.1 Å². The van der Waals surface area contributed by atoms with Crippen LogP contribution in [0, 0.1) is 0 Å². The summed E-state index contributed by atoms with van der Waals surface area (Å²) in [5.74, 6) is 1.05. The van der Waals surface area contributed by atoms with Crippen LogP contribution in [0.4, 0.5) is 5.82 Å². The Bertz CT molecular complexity index is 404. The second-order valence-electron chi connectivity index (χ2n) is 5.40. The van der Waals surface area contributed by atoms with Crippen molar-refractivity contribution in [2.24, 2.45) is 0 Å². The molecule has 4 nitrogen and oxygen atoms in total. The summed E-state index contributed by atoms with van der Waals surface area (Å²) in [4.78, 5) is 9.46. The molecule has 3 heterocycles. The van der Waals surface area contributed by atoms with E-state index in [1.54, 1.807) is 13.1 Å². The highest BCUT2D eigenvalue weighted by Crippen LogP contribution is 2.24. The monoisotopic (exact) mass is 247 g/mol. The Labute approximate surface area is 108 Å². The standard InChI is InChI=1S/C14H21N3O/c1-11(18)12-4-5-14(15-9-12)17-8-7-16-6-2-3-13(16)10-17/h4-5,9,11,13,18H,2-3,6-8,10H2,1H3/t11-,13?/m1/s1. The third-order valence-corrected chi connectivity index (χ3v) is 4.16. The number of pyridine rings is 1. The van der Waals surface area contributed by atoms with Crippen molar-refractivity contribution in [1.82, 2.24) is 9.88 Å². The van der Waals surface area contributed by atoms with Gasteiger partial charge in [0.05, 0.1) is 6.10 Å². The lowest BCUT2D eigenvalue weighted by atomic mass is 10.1. The summed E-state index contributed by atoms with van der Waals surface area (Å²) in [5, 5.41) is 9.49. The molecule has 0 spiro atoms. The van der Waals surface area contributed by atoms with Crippen LogP contribution in [-0.2, 0) is 0 Å². The first-order valence-corrected chi connectivity index (χ1v) is 6.87. The van der Waals surface area contributed by atoms with E-state index >= 15 is 0 Å². The first kappa shape index (κ1) is 11.9. The van der Waals surface area contributed by atoms with Gasteiger partial charge < -0.3 is 10.0 Å². The van der Waals surface area contributed by atoms with Gasteiger partial charge >= 0.3 is 0 Å². The molecule has 0 aromatic carbocycles. The summed E-state index contributed by atoms with van der Waals surface area (Å²) in [6, 6.07) is 4.73. The number of hydrogen-bond acceptors (Lipinski definition) is 4. The SMILES string of the molecule is C[C@@H](O)c1ccc(N2CCN3CCCC3C2)nc1. The molecular formula is C14H21N3O. The minimum atomic E-state index is -0.432. The molecule has 1 unspecified atom stereocenters. The third kappa shape index (κ3) is 2.22. The van der Waals surface area contributed by atoms with Crippen LogP contribution in [0.1, 0.15) is 31.4 Å². The molecule has 18 heavy (non-hydrogen) atoms. The van der Waals surface area contributed by atoms with Gasteiger partial charge in [0, 0.05) is 31.9 Å². The molecule has 2 atom stereocenters. The number of fused-ring (bicyclic) bond motifs is 1. The summed E-state index contributed by atoms with van der Waals surface area (Å²) < 4.78 is 0. The van der Waals surface area contributed by atoms with Gasteiger partial charge in [0.25, 0.3) is 0 Å². The predicted octanol–water partition coefficient (Wildman–Crippen LogP) is 1.42. The number of hydrogen-bond donors (Lipinski definition) is 1. The van der Waals surface area contributed by atoms with Crippen molar-refractivity contribution in [3.8, 4) is 0 Å². The fourth-order valence-electron chi connectivity index (χ4n) is 3.03. The van der Waals surface area contributed by atoms with Crippen LogP contribution in [-0.4, -0.2) is 47.2 Å². The van der Waals surface area contributed by atoms with Gasteiger partial charge in [-0.3, -0.25) is 4.90 Å². The maximum absolute atomic E-state index is 9.49. The Kier molecular flexibility index (Phi) is 3.22. The Morgan fingerprint density at radius 3 is 2.94 bits per heavy atom. The van der Waals surface area contributed by atoms with Crippen LogP contribution in [0.15, 0.2) is 18.3 Å². The van der Waals surface area contributed by atoms with Gasteiger partial charge in [-0.15, -0.1) is 0 Å². The average Bonchev–Trinajstić information content (AvgIpc) is 2.86. The summed E-state index contributed by atoms with van der Waals surface area (Å²) >= 11 is 0. The molecule has 4 heteroatoms. The second-order valence-corrected chi connectivity index (χ2v) is 5.40. The molecular weight excluding hydrogens is 226 g/mol. The van der Waals surface area contributed by atoms with Crippen molar-refractivity contribution < 1.29 is 5.11 Å². The fourth-order valence-corrected chi connectivity index (χ4v) is 3.03. The van der Waals surface area contributed by atoms with E-state index in [-0.39, 0.29) is 0 Å². The fraction of sp³-hybridized carbons (Fsp3) is 0.643. The zero-order chi connectivity index (χ0) is 12.5. The third-order valence-electron chi connectivity index (χ3n) is 4.16. The zero-order valence-corrected chi connectivity index (χ0v) is 10.9. The predicted molar refractivity (Wildman–Crippen MR) is 71.7 cm³/mol. The Morgan fingerprint density at radius 1 is 1.33 bits per heavy atom. The van der Waals surface area contributed by atoms with Crippen LogP contribution in [0.2, 0.25) is 0 Å². The molecule has 1 N–H and O–H groups in total. The molecule has 2 fully saturated rings. The molecule has 0 amide bonds. The van der Waals surface area contributed by atoms with Crippen molar-refractivity contribution in [3.63, 3.8) is 0 Å². The number of aromatic nitrogens is 1. The van der Waals surface area contributed by atoms with Gasteiger partial charge in [-0.1, -0.05) is 6.07 Å². The summed E-state index contributed by atoms with van der Waals surface area (Å²) in [5.41, 5.74) is 0.887. The van der Waals surface area contributed by atoms with Crippen molar-refractivity contribution in [3.05, 3.63) is 23.9 Å². The minimum absolute atomic E-state index is 0.432. The highest BCUT2D eigenvalue weighted by molar-refractivity contribution is 5.40. The van der Waals surface area contributed by atoms with E-state index in [4.69, 9.17) is 0 Å². The molecule has 1 aromatic heterocycles. The quantitative estimate of drug-likeness (QED) is 0.858. The van der Waals surface area contributed by atoms with E-state index in [0.717, 1.165) is 37.1 Å². The number of nitrogens with zero attached hydrogens (tertiary/aromatic N) is 3. The minimum Gasteiger partial charge on any atom is -0.389 e. The van der Waals surface area contributed by atoms with Crippen LogP contribution < -0.4 is 4.90 Å². The maximum Gasteiger partial charge on any atom is 0.128 e. The van der Waals surface area contributed by atoms with Crippen molar-refractivity contribution in [2.75, 3.05) is 31.1 Å². The highest BCUT2D eigenvalue weighted by Gasteiger charge is 2.30. The van der Waals surface area contributed by atoms with Crippen molar-refractivity contribution in [2.45, 2.75) is 31.9 Å². The number of anilines is 1. The first-order valence-electron chi connectivity index (χ1n) is 6.87. The molecule has 2 aliphatic heterocycles. The van der Waals surface area contributed by atoms with Gasteiger partial charge in [0.15, 0.2) is 0 Å². The van der Waals surface area contributed by atoms with Gasteiger partial charge in [0.1, 0.15) is 5.82 Å². The van der Waals surface area contributed by atoms with Crippen LogP contribution in [0.3, 0.4) is 0 Å². The van der Waals surface area contributed by atoms with Crippen molar-refractivity contribution in [1.29, 1.82) is 0 Å². The lowest BCUT2D eigenvalue weighted by Crippen LogP contribution is -2.50. The number of aliphatic hydroxyl groups excluding tert-OH is 1. The van der Waals surface area contributed by atoms with E-state index in [1.165, 1.54) is 19.4 Å². The lowest BCUT2D eigenvalue weighted by Gasteiger charge is -2.38. The van der Waals surface area contributed by atoms with Crippen LogP contribution >= 0.6 is 0 Å². The average molecular weight is 247 g/mol.